The van der Waals surface area contributed by atoms with Crippen molar-refractivity contribution in [1.29, 1.82) is 0 Å². The zero-order chi connectivity index (χ0) is 21.3. The number of hydrogen-bond donors (Lipinski definition) is 1. The largest absolute Gasteiger partial charge is 0.343 e. The molecule has 0 bridgehead atoms. The maximum absolute atomic E-state index is 13.8. The Kier molecular flexibility index (Phi) is 5.83. The van der Waals surface area contributed by atoms with Gasteiger partial charge in [-0.05, 0) is 48.7 Å². The molecule has 1 aromatic heterocycles. The summed E-state index contributed by atoms with van der Waals surface area (Å²) in [5, 5.41) is 5.75. The summed E-state index contributed by atoms with van der Waals surface area (Å²) < 4.78 is 27.6. The van der Waals surface area contributed by atoms with Crippen molar-refractivity contribution >= 4 is 45.2 Å². The molecule has 1 N–H and O–H groups in total. The molecule has 0 fully saturated rings. The first kappa shape index (κ1) is 20.5. The van der Waals surface area contributed by atoms with E-state index in [1.165, 1.54) is 28.5 Å². The lowest BCUT2D eigenvalue weighted by atomic mass is 9.95. The number of carbonyl (C=O) groups excluding carboxylic acids is 1. The monoisotopic (exact) mass is 445 g/mol. The summed E-state index contributed by atoms with van der Waals surface area (Å²) in [6.07, 6.45) is 0.914. The van der Waals surface area contributed by atoms with Gasteiger partial charge in [0, 0.05) is 24.2 Å². The number of carbonyl (C=O) groups is 1. The average Bonchev–Trinajstić information content (AvgIpc) is 3.15. The highest BCUT2D eigenvalue weighted by atomic mass is 35.5. The first-order chi connectivity index (χ1) is 14.4. The van der Waals surface area contributed by atoms with Crippen LogP contribution in [0.25, 0.3) is 5.57 Å². The Morgan fingerprint density at radius 1 is 1.17 bits per heavy atom. The molecule has 0 radical (unpaired) electrons. The van der Waals surface area contributed by atoms with Gasteiger partial charge in [0.05, 0.1) is 0 Å². The first-order valence-corrected chi connectivity index (χ1v) is 10.6. The van der Waals surface area contributed by atoms with E-state index in [4.69, 9.17) is 11.6 Å². The number of benzene rings is 2. The van der Waals surface area contributed by atoms with Gasteiger partial charge in [0.15, 0.2) is 5.13 Å². The van der Waals surface area contributed by atoms with Crippen LogP contribution < -0.4 is 10.2 Å². The van der Waals surface area contributed by atoms with Crippen LogP contribution in [0.4, 0.5) is 19.6 Å². The highest BCUT2D eigenvalue weighted by molar-refractivity contribution is 7.14. The maximum Gasteiger partial charge on any atom is 0.261 e. The third-order valence-electron chi connectivity index (χ3n) is 5.04. The van der Waals surface area contributed by atoms with Gasteiger partial charge in [0.2, 0.25) is 0 Å². The van der Waals surface area contributed by atoms with Crippen molar-refractivity contribution in [3.05, 3.63) is 81.3 Å². The fraction of sp³-hybridized carbons (Fsp3) is 0.182. The lowest BCUT2D eigenvalue weighted by molar-refractivity contribution is 0.101. The summed E-state index contributed by atoms with van der Waals surface area (Å²) >= 11 is 7.48. The second kappa shape index (κ2) is 8.53. The van der Waals surface area contributed by atoms with Gasteiger partial charge >= 0.3 is 0 Å². The molecule has 3 aromatic rings. The van der Waals surface area contributed by atoms with E-state index >= 15 is 0 Å². The molecule has 4 rings (SSSR count). The molecule has 0 spiro atoms. The van der Waals surface area contributed by atoms with Crippen LogP contribution in [0.15, 0.2) is 53.4 Å². The molecule has 154 valence electrons. The zero-order valence-corrected chi connectivity index (χ0v) is 17.7. The first-order valence-electron chi connectivity index (χ1n) is 9.33. The summed E-state index contributed by atoms with van der Waals surface area (Å²) in [5.74, 6) is -2.61. The van der Waals surface area contributed by atoms with Gasteiger partial charge in [-0.3, -0.25) is 4.79 Å². The minimum absolute atomic E-state index is 0.462. The van der Waals surface area contributed by atoms with Gasteiger partial charge in [-0.15, -0.1) is 11.3 Å². The quantitative estimate of drug-likeness (QED) is 0.534. The van der Waals surface area contributed by atoms with Crippen molar-refractivity contribution < 1.29 is 13.6 Å². The zero-order valence-electron chi connectivity index (χ0n) is 16.1. The van der Waals surface area contributed by atoms with E-state index in [1.54, 1.807) is 12.1 Å². The molecule has 1 amide bonds. The van der Waals surface area contributed by atoms with Gasteiger partial charge in [-0.1, -0.05) is 35.4 Å². The molecule has 0 saturated heterocycles. The molecule has 8 heteroatoms. The number of nitrogens with zero attached hydrogens (tertiary/aromatic N) is 2. The number of hydrogen-bond acceptors (Lipinski definition) is 4. The normalized spacial score (nSPS) is 14.2. The molecule has 0 saturated carbocycles. The Morgan fingerprint density at radius 2 is 1.87 bits per heavy atom. The average molecular weight is 446 g/mol. The Balaban J connectivity index is 1.51. The number of amides is 1. The van der Waals surface area contributed by atoms with Crippen molar-refractivity contribution in [3.63, 3.8) is 0 Å². The molecule has 2 aromatic carbocycles. The molecule has 1 aliphatic rings. The summed E-state index contributed by atoms with van der Waals surface area (Å²) in [4.78, 5) is 18.8. The molecule has 1 aliphatic heterocycles. The van der Waals surface area contributed by atoms with Crippen molar-refractivity contribution in [2.24, 2.45) is 0 Å². The molecule has 0 unspecified atom stereocenters. The van der Waals surface area contributed by atoms with E-state index in [9.17, 15) is 13.6 Å². The standard InChI is InChI=1S/C22H18ClF2N3OS/c1-13-9-10-28(22-27-19(23)12-30-22)11-16(13)14-5-7-15(8-6-14)26-21(29)20-17(24)3-2-4-18(20)25/h2-8,12H,9-11H2,1H3,(H,26,29). The number of aromatic nitrogens is 1. The van der Waals surface area contributed by atoms with E-state index in [1.807, 2.05) is 17.5 Å². The van der Waals surface area contributed by atoms with Crippen molar-refractivity contribution in [2.45, 2.75) is 13.3 Å². The number of anilines is 2. The van der Waals surface area contributed by atoms with Gasteiger partial charge in [-0.2, -0.15) is 0 Å². The lowest BCUT2D eigenvalue weighted by Gasteiger charge is -2.30. The Bertz CT molecular complexity index is 1110. The van der Waals surface area contributed by atoms with Gasteiger partial charge < -0.3 is 10.2 Å². The number of halogens is 3. The summed E-state index contributed by atoms with van der Waals surface area (Å²) in [6.45, 7) is 3.70. The van der Waals surface area contributed by atoms with Crippen LogP contribution in [0, 0.1) is 11.6 Å². The van der Waals surface area contributed by atoms with Gasteiger partial charge in [0.1, 0.15) is 22.4 Å². The van der Waals surface area contributed by atoms with Crippen molar-refractivity contribution in [3.8, 4) is 0 Å². The molecular weight excluding hydrogens is 428 g/mol. The number of thiazole rings is 1. The summed E-state index contributed by atoms with van der Waals surface area (Å²) in [6, 6.07) is 10.6. The third kappa shape index (κ3) is 4.22. The van der Waals surface area contributed by atoms with Crippen LogP contribution in [0.3, 0.4) is 0 Å². The van der Waals surface area contributed by atoms with Gasteiger partial charge in [-0.25, -0.2) is 13.8 Å². The second-order valence-corrected chi connectivity index (χ2v) is 8.24. The van der Waals surface area contributed by atoms with Crippen LogP contribution in [-0.2, 0) is 0 Å². The smallest absolute Gasteiger partial charge is 0.261 e. The van der Waals surface area contributed by atoms with Crippen molar-refractivity contribution in [1.82, 2.24) is 4.98 Å². The highest BCUT2D eigenvalue weighted by Gasteiger charge is 2.21. The maximum atomic E-state index is 13.8. The van der Waals surface area contributed by atoms with E-state index in [0.717, 1.165) is 35.8 Å². The fourth-order valence-electron chi connectivity index (χ4n) is 3.41. The summed E-state index contributed by atoms with van der Waals surface area (Å²) in [5.41, 5.74) is 3.37. The second-order valence-electron chi connectivity index (χ2n) is 7.01. The van der Waals surface area contributed by atoms with Crippen LogP contribution in [0.1, 0.15) is 29.3 Å². The lowest BCUT2D eigenvalue weighted by Crippen LogP contribution is -2.30. The Morgan fingerprint density at radius 3 is 2.50 bits per heavy atom. The van der Waals surface area contributed by atoms with Crippen LogP contribution >= 0.6 is 22.9 Å². The van der Waals surface area contributed by atoms with Crippen LogP contribution in [0.2, 0.25) is 5.15 Å². The third-order valence-corrected chi connectivity index (χ3v) is 6.26. The molecule has 2 heterocycles. The molecule has 0 atom stereocenters. The predicted octanol–water partition coefficient (Wildman–Crippen LogP) is 6.01. The minimum atomic E-state index is -0.894. The minimum Gasteiger partial charge on any atom is -0.343 e. The Labute approximate surface area is 181 Å². The molecule has 30 heavy (non-hydrogen) atoms. The number of rotatable bonds is 4. The molecule has 0 aliphatic carbocycles. The van der Waals surface area contributed by atoms with Crippen LogP contribution in [-0.4, -0.2) is 24.0 Å². The SMILES string of the molecule is CC1=C(c2ccc(NC(=O)c3c(F)cccc3F)cc2)CN(c2nc(Cl)cs2)CC1. The molecule has 4 nitrogen and oxygen atoms in total. The fourth-order valence-corrected chi connectivity index (χ4v) is 4.39. The van der Waals surface area contributed by atoms with Crippen molar-refractivity contribution in [2.75, 3.05) is 23.3 Å². The van der Waals surface area contributed by atoms with Crippen LogP contribution in [0.5, 0.6) is 0 Å². The van der Waals surface area contributed by atoms with E-state index < -0.39 is 23.1 Å². The Hall–Kier alpha value is -2.77. The van der Waals surface area contributed by atoms with E-state index in [-0.39, 0.29) is 0 Å². The predicted molar refractivity (Wildman–Crippen MR) is 117 cm³/mol. The number of nitrogens with one attached hydrogen (secondary N) is 1. The van der Waals surface area contributed by atoms with Gasteiger partial charge in [0.25, 0.3) is 5.91 Å². The van der Waals surface area contributed by atoms with E-state index in [0.29, 0.717) is 17.4 Å². The molecular formula is C22H18ClF2N3OS. The summed E-state index contributed by atoms with van der Waals surface area (Å²) in [7, 11) is 0. The highest BCUT2D eigenvalue weighted by Crippen LogP contribution is 2.32. The topological polar surface area (TPSA) is 45.2 Å². The van der Waals surface area contributed by atoms with E-state index in [2.05, 4.69) is 22.1 Å².